The highest BCUT2D eigenvalue weighted by Gasteiger charge is 2.14. The monoisotopic (exact) mass is 286 g/mol. The van der Waals surface area contributed by atoms with Gasteiger partial charge < -0.3 is 4.74 Å². The van der Waals surface area contributed by atoms with E-state index in [0.717, 1.165) is 16.7 Å². The summed E-state index contributed by atoms with van der Waals surface area (Å²) in [7, 11) is 0. The summed E-state index contributed by atoms with van der Waals surface area (Å²) in [4.78, 5) is 11.6. The molecule has 0 saturated heterocycles. The summed E-state index contributed by atoms with van der Waals surface area (Å²) < 4.78 is 17.9. The topological polar surface area (TPSA) is 26.3 Å². The van der Waals surface area contributed by atoms with Crippen LogP contribution < -0.4 is 0 Å². The van der Waals surface area contributed by atoms with Gasteiger partial charge in [-0.15, -0.1) is 0 Å². The molecule has 0 fully saturated rings. The van der Waals surface area contributed by atoms with Gasteiger partial charge in [0.2, 0.25) is 0 Å². The molecule has 0 heterocycles. The first kappa shape index (κ1) is 15.2. The van der Waals surface area contributed by atoms with E-state index in [4.69, 9.17) is 4.74 Å². The normalized spacial score (nSPS) is 12.0. The molecule has 0 aliphatic carbocycles. The zero-order chi connectivity index (χ0) is 15.2. The molecule has 1 atom stereocenters. The molecule has 0 radical (unpaired) electrons. The van der Waals surface area contributed by atoms with Crippen LogP contribution in [-0.4, -0.2) is 12.6 Å². The molecular formula is C18H19FO2. The molecule has 1 unspecified atom stereocenters. The number of benzene rings is 2. The van der Waals surface area contributed by atoms with Crippen LogP contribution in [0, 0.1) is 11.7 Å². The Morgan fingerprint density at radius 2 is 1.57 bits per heavy atom. The number of hydrogen-bond donors (Lipinski definition) is 0. The number of hydrogen-bond acceptors (Lipinski definition) is 2. The van der Waals surface area contributed by atoms with Gasteiger partial charge in [0.1, 0.15) is 5.82 Å². The van der Waals surface area contributed by atoms with E-state index in [1.54, 1.807) is 12.1 Å². The van der Waals surface area contributed by atoms with Crippen LogP contribution in [-0.2, 0) is 16.0 Å². The van der Waals surface area contributed by atoms with Crippen molar-refractivity contribution in [3.8, 4) is 11.1 Å². The van der Waals surface area contributed by atoms with Crippen molar-refractivity contribution in [2.45, 2.75) is 20.3 Å². The lowest BCUT2D eigenvalue weighted by atomic mass is 9.98. The molecule has 0 aliphatic heterocycles. The van der Waals surface area contributed by atoms with Crippen molar-refractivity contribution in [1.82, 2.24) is 0 Å². The minimum absolute atomic E-state index is 0.151. The predicted octanol–water partition coefficient (Wildman–Crippen LogP) is 4.23. The van der Waals surface area contributed by atoms with Gasteiger partial charge in [-0.1, -0.05) is 43.3 Å². The molecule has 0 aromatic heterocycles. The highest BCUT2D eigenvalue weighted by Crippen LogP contribution is 2.21. The van der Waals surface area contributed by atoms with Crippen LogP contribution in [0.1, 0.15) is 19.4 Å². The standard InChI is InChI=1S/C18H19FO2/c1-3-21-18(20)13(2)12-14-4-6-15(7-5-14)16-8-10-17(19)11-9-16/h4-11,13H,3,12H2,1-2H3. The third-order valence-electron chi connectivity index (χ3n) is 3.36. The summed E-state index contributed by atoms with van der Waals surface area (Å²) in [5.74, 6) is -0.555. The summed E-state index contributed by atoms with van der Waals surface area (Å²) in [6.07, 6.45) is 0.655. The number of carbonyl (C=O) groups is 1. The molecule has 0 bridgehead atoms. The highest BCUT2D eigenvalue weighted by molar-refractivity contribution is 5.72. The van der Waals surface area contributed by atoms with Crippen molar-refractivity contribution >= 4 is 5.97 Å². The summed E-state index contributed by atoms with van der Waals surface area (Å²) in [5, 5.41) is 0. The predicted molar refractivity (Wildman–Crippen MR) is 81.3 cm³/mol. The number of esters is 1. The van der Waals surface area contributed by atoms with Crippen LogP contribution in [0.25, 0.3) is 11.1 Å². The second kappa shape index (κ2) is 7.02. The maximum Gasteiger partial charge on any atom is 0.308 e. The van der Waals surface area contributed by atoms with Crippen molar-refractivity contribution in [2.75, 3.05) is 6.61 Å². The lowest BCUT2D eigenvalue weighted by molar-refractivity contribution is -0.147. The third-order valence-corrected chi connectivity index (χ3v) is 3.36. The molecule has 2 rings (SSSR count). The molecule has 0 N–H and O–H groups in total. The average Bonchev–Trinajstić information content (AvgIpc) is 2.49. The Morgan fingerprint density at radius 3 is 2.10 bits per heavy atom. The molecule has 0 amide bonds. The van der Waals surface area contributed by atoms with Crippen LogP contribution in [0.15, 0.2) is 48.5 Å². The number of ether oxygens (including phenoxy) is 1. The Balaban J connectivity index is 2.05. The molecule has 2 aromatic carbocycles. The quantitative estimate of drug-likeness (QED) is 0.769. The Labute approximate surface area is 124 Å². The van der Waals surface area contributed by atoms with Gasteiger partial charge in [0.25, 0.3) is 0 Å². The van der Waals surface area contributed by atoms with Crippen LogP contribution in [0.4, 0.5) is 4.39 Å². The molecule has 0 aliphatic rings. The van der Waals surface area contributed by atoms with E-state index >= 15 is 0 Å². The Kier molecular flexibility index (Phi) is 5.09. The van der Waals surface area contributed by atoms with E-state index in [-0.39, 0.29) is 17.7 Å². The molecule has 2 nitrogen and oxygen atoms in total. The molecule has 3 heteroatoms. The Morgan fingerprint density at radius 1 is 1.05 bits per heavy atom. The molecule has 0 saturated carbocycles. The van der Waals surface area contributed by atoms with Crippen molar-refractivity contribution < 1.29 is 13.9 Å². The molecule has 0 spiro atoms. The van der Waals surface area contributed by atoms with Gasteiger partial charge in [0.15, 0.2) is 0 Å². The summed E-state index contributed by atoms with van der Waals surface area (Å²) >= 11 is 0. The van der Waals surface area contributed by atoms with Gasteiger partial charge in [-0.2, -0.15) is 0 Å². The summed E-state index contributed by atoms with van der Waals surface area (Å²) in [6, 6.07) is 14.4. The van der Waals surface area contributed by atoms with Gasteiger partial charge in [-0.3, -0.25) is 4.79 Å². The van der Waals surface area contributed by atoms with Crippen molar-refractivity contribution in [3.63, 3.8) is 0 Å². The van der Waals surface area contributed by atoms with E-state index in [1.165, 1.54) is 12.1 Å². The van der Waals surface area contributed by atoms with Gasteiger partial charge >= 0.3 is 5.97 Å². The first-order valence-electron chi connectivity index (χ1n) is 7.11. The number of carbonyl (C=O) groups excluding carboxylic acids is 1. The van der Waals surface area contributed by atoms with Gasteiger partial charge in [0, 0.05) is 0 Å². The fraction of sp³-hybridized carbons (Fsp3) is 0.278. The summed E-state index contributed by atoms with van der Waals surface area (Å²) in [6.45, 7) is 4.08. The lowest BCUT2D eigenvalue weighted by Crippen LogP contribution is -2.16. The number of rotatable bonds is 5. The van der Waals surface area contributed by atoms with Crippen molar-refractivity contribution in [3.05, 3.63) is 59.9 Å². The van der Waals surface area contributed by atoms with Crippen LogP contribution in [0.5, 0.6) is 0 Å². The molecule has 21 heavy (non-hydrogen) atoms. The fourth-order valence-electron chi connectivity index (χ4n) is 2.20. The molecular weight excluding hydrogens is 267 g/mol. The largest absolute Gasteiger partial charge is 0.466 e. The van der Waals surface area contributed by atoms with E-state index < -0.39 is 0 Å². The van der Waals surface area contributed by atoms with Gasteiger partial charge in [-0.25, -0.2) is 4.39 Å². The fourth-order valence-corrected chi connectivity index (χ4v) is 2.20. The average molecular weight is 286 g/mol. The SMILES string of the molecule is CCOC(=O)C(C)Cc1ccc(-c2ccc(F)cc2)cc1. The zero-order valence-corrected chi connectivity index (χ0v) is 12.3. The lowest BCUT2D eigenvalue weighted by Gasteiger charge is -2.11. The molecule has 110 valence electrons. The van der Waals surface area contributed by atoms with Crippen LogP contribution in [0.2, 0.25) is 0 Å². The van der Waals surface area contributed by atoms with Gasteiger partial charge in [0.05, 0.1) is 12.5 Å². The minimum atomic E-state index is -0.237. The Bertz CT molecular complexity index is 588. The van der Waals surface area contributed by atoms with Crippen molar-refractivity contribution in [1.29, 1.82) is 0 Å². The van der Waals surface area contributed by atoms with Crippen LogP contribution in [0.3, 0.4) is 0 Å². The van der Waals surface area contributed by atoms with E-state index in [0.29, 0.717) is 13.0 Å². The highest BCUT2D eigenvalue weighted by atomic mass is 19.1. The number of halogens is 1. The first-order valence-corrected chi connectivity index (χ1v) is 7.11. The summed E-state index contributed by atoms with van der Waals surface area (Å²) in [5.41, 5.74) is 3.09. The first-order chi connectivity index (χ1) is 10.1. The second-order valence-corrected chi connectivity index (χ2v) is 5.06. The third kappa shape index (κ3) is 4.15. The van der Waals surface area contributed by atoms with E-state index in [9.17, 15) is 9.18 Å². The second-order valence-electron chi connectivity index (χ2n) is 5.06. The van der Waals surface area contributed by atoms with Crippen molar-refractivity contribution in [2.24, 2.45) is 5.92 Å². The van der Waals surface area contributed by atoms with Gasteiger partial charge in [-0.05, 0) is 42.2 Å². The van der Waals surface area contributed by atoms with Crippen LogP contribution >= 0.6 is 0 Å². The van der Waals surface area contributed by atoms with E-state index in [2.05, 4.69) is 0 Å². The maximum absolute atomic E-state index is 12.9. The zero-order valence-electron chi connectivity index (χ0n) is 12.3. The van der Waals surface area contributed by atoms with E-state index in [1.807, 2.05) is 38.1 Å². The molecule has 2 aromatic rings. The smallest absolute Gasteiger partial charge is 0.308 e. The Hall–Kier alpha value is -2.16. The maximum atomic E-state index is 12.9. The minimum Gasteiger partial charge on any atom is -0.466 e.